The van der Waals surface area contributed by atoms with Gasteiger partial charge in [0.1, 0.15) is 5.65 Å². The molecule has 0 radical (unpaired) electrons. The van der Waals surface area contributed by atoms with Crippen LogP contribution in [-0.2, 0) is 14.1 Å². The highest BCUT2D eigenvalue weighted by Gasteiger charge is 2.29. The van der Waals surface area contributed by atoms with E-state index >= 15 is 0 Å². The number of hydrogen-bond acceptors (Lipinski definition) is 5. The zero-order valence-corrected chi connectivity index (χ0v) is 14.1. The molecule has 128 valence electrons. The smallest absolute Gasteiger partial charge is 0.332 e. The molecule has 1 unspecified atom stereocenters. The zero-order chi connectivity index (χ0) is 17.4. The van der Waals surface area contributed by atoms with Crippen LogP contribution < -0.4 is 16.6 Å². The number of carbonyl (C=O) groups is 1. The van der Waals surface area contributed by atoms with Crippen LogP contribution in [0.5, 0.6) is 0 Å². The Labute approximate surface area is 138 Å². The van der Waals surface area contributed by atoms with Crippen molar-refractivity contribution in [3.05, 3.63) is 38.7 Å². The third kappa shape index (κ3) is 2.52. The van der Waals surface area contributed by atoms with Crippen LogP contribution in [0.25, 0.3) is 11.0 Å². The van der Waals surface area contributed by atoms with Crippen LogP contribution in [0.3, 0.4) is 0 Å². The summed E-state index contributed by atoms with van der Waals surface area (Å²) in [6.45, 7) is 1.44. The average Bonchev–Trinajstić information content (AvgIpc) is 3.05. The summed E-state index contributed by atoms with van der Waals surface area (Å²) in [6.07, 6.45) is 3.37. The van der Waals surface area contributed by atoms with Gasteiger partial charge in [-0.25, -0.2) is 9.78 Å². The summed E-state index contributed by atoms with van der Waals surface area (Å²) in [5.41, 5.74) is -0.217. The summed E-state index contributed by atoms with van der Waals surface area (Å²) in [5, 5.41) is 3.38. The molecule has 1 aliphatic heterocycles. The number of nitrogens with zero attached hydrogens (tertiary/aromatic N) is 4. The van der Waals surface area contributed by atoms with Crippen molar-refractivity contribution in [2.24, 2.45) is 14.1 Å². The Kier molecular flexibility index (Phi) is 4.23. The molecule has 0 spiro atoms. The summed E-state index contributed by atoms with van der Waals surface area (Å²) in [6, 6.07) is 1.70. The van der Waals surface area contributed by atoms with Gasteiger partial charge in [-0.05, 0) is 26.0 Å². The van der Waals surface area contributed by atoms with Gasteiger partial charge in [0.15, 0.2) is 0 Å². The van der Waals surface area contributed by atoms with Crippen molar-refractivity contribution in [1.82, 2.24) is 24.3 Å². The van der Waals surface area contributed by atoms with Crippen LogP contribution in [-0.4, -0.2) is 51.1 Å². The summed E-state index contributed by atoms with van der Waals surface area (Å²) in [7, 11) is 4.84. The molecular formula is C16H21N5O3. The minimum Gasteiger partial charge on any atom is -0.334 e. The van der Waals surface area contributed by atoms with Crippen LogP contribution in [0.2, 0.25) is 0 Å². The first kappa shape index (κ1) is 16.4. The number of fused-ring (bicyclic) bond motifs is 1. The first-order valence-electron chi connectivity index (χ1n) is 7.97. The highest BCUT2D eigenvalue weighted by atomic mass is 16.2. The molecule has 1 amide bonds. The average molecular weight is 331 g/mol. The fourth-order valence-electron chi connectivity index (χ4n) is 3.30. The number of aryl methyl sites for hydroxylation is 1. The lowest BCUT2D eigenvalue weighted by Crippen LogP contribution is -2.41. The van der Waals surface area contributed by atoms with Gasteiger partial charge in [0.2, 0.25) is 0 Å². The van der Waals surface area contributed by atoms with Crippen molar-refractivity contribution in [3.63, 3.8) is 0 Å². The Morgan fingerprint density at radius 3 is 2.79 bits per heavy atom. The van der Waals surface area contributed by atoms with Crippen molar-refractivity contribution in [2.75, 3.05) is 20.1 Å². The Hall–Kier alpha value is -2.48. The second-order valence-electron chi connectivity index (χ2n) is 6.15. The van der Waals surface area contributed by atoms with Gasteiger partial charge in [-0.3, -0.25) is 18.7 Å². The van der Waals surface area contributed by atoms with Crippen LogP contribution in [0.15, 0.2) is 21.9 Å². The van der Waals surface area contributed by atoms with E-state index in [-0.39, 0.29) is 23.0 Å². The van der Waals surface area contributed by atoms with Gasteiger partial charge in [0.05, 0.1) is 10.9 Å². The minimum atomic E-state index is -0.441. The number of hydrogen-bond donors (Lipinski definition) is 1. The summed E-state index contributed by atoms with van der Waals surface area (Å²) in [4.78, 5) is 43.1. The van der Waals surface area contributed by atoms with Crippen molar-refractivity contribution in [3.8, 4) is 0 Å². The molecule has 1 saturated heterocycles. The van der Waals surface area contributed by atoms with Gasteiger partial charge in [-0.2, -0.15) is 0 Å². The monoisotopic (exact) mass is 331 g/mol. The maximum Gasteiger partial charge on any atom is 0.332 e. The fraction of sp³-hybridized carbons (Fsp3) is 0.500. The topological polar surface area (TPSA) is 89.2 Å². The van der Waals surface area contributed by atoms with Crippen molar-refractivity contribution >= 4 is 16.9 Å². The number of aromatic nitrogens is 3. The summed E-state index contributed by atoms with van der Waals surface area (Å²) < 4.78 is 2.34. The molecule has 2 aromatic rings. The number of likely N-dealkylation sites (tertiary alicyclic amines) is 1. The molecule has 1 N–H and O–H groups in total. The summed E-state index contributed by atoms with van der Waals surface area (Å²) >= 11 is 0. The first-order valence-corrected chi connectivity index (χ1v) is 7.97. The van der Waals surface area contributed by atoms with Crippen molar-refractivity contribution < 1.29 is 4.79 Å². The van der Waals surface area contributed by atoms with E-state index in [2.05, 4.69) is 10.3 Å². The first-order chi connectivity index (χ1) is 11.5. The van der Waals surface area contributed by atoms with Gasteiger partial charge in [-0.15, -0.1) is 0 Å². The van der Waals surface area contributed by atoms with E-state index in [4.69, 9.17) is 0 Å². The Bertz CT molecular complexity index is 914. The molecule has 0 aromatic carbocycles. The molecule has 3 rings (SSSR count). The third-order valence-electron chi connectivity index (χ3n) is 4.62. The van der Waals surface area contributed by atoms with Crippen molar-refractivity contribution in [1.29, 1.82) is 0 Å². The Morgan fingerprint density at radius 2 is 2.08 bits per heavy atom. The number of pyridine rings is 1. The van der Waals surface area contributed by atoms with E-state index in [1.807, 2.05) is 11.9 Å². The van der Waals surface area contributed by atoms with E-state index in [9.17, 15) is 14.4 Å². The van der Waals surface area contributed by atoms with Crippen molar-refractivity contribution in [2.45, 2.75) is 18.9 Å². The predicted molar refractivity (Wildman–Crippen MR) is 90.2 cm³/mol. The lowest BCUT2D eigenvalue weighted by molar-refractivity contribution is 0.0737. The van der Waals surface area contributed by atoms with Gasteiger partial charge in [0, 0.05) is 39.4 Å². The molecule has 24 heavy (non-hydrogen) atoms. The predicted octanol–water partition coefficient (Wildman–Crippen LogP) is -0.544. The van der Waals surface area contributed by atoms with Gasteiger partial charge in [-0.1, -0.05) is 0 Å². The maximum absolute atomic E-state index is 12.8. The molecule has 2 aromatic heterocycles. The van der Waals surface area contributed by atoms with Crippen LogP contribution in [0.1, 0.15) is 23.2 Å². The number of likely N-dealkylation sites (N-methyl/N-ethyl adjacent to an activating group) is 1. The molecule has 3 heterocycles. The van der Waals surface area contributed by atoms with E-state index in [0.29, 0.717) is 12.1 Å². The van der Waals surface area contributed by atoms with Gasteiger partial charge < -0.3 is 10.2 Å². The highest BCUT2D eigenvalue weighted by molar-refractivity contribution is 5.97. The number of nitrogens with one attached hydrogen (secondary N) is 1. The molecule has 1 atom stereocenters. The molecule has 1 aliphatic rings. The number of carbonyl (C=O) groups excluding carboxylic acids is 1. The second kappa shape index (κ2) is 6.20. The van der Waals surface area contributed by atoms with E-state index in [1.54, 1.807) is 13.1 Å². The van der Waals surface area contributed by atoms with Crippen LogP contribution in [0, 0.1) is 0 Å². The lowest BCUT2D eigenvalue weighted by Gasteiger charge is -2.24. The largest absolute Gasteiger partial charge is 0.334 e. The Balaban J connectivity index is 2.07. The van der Waals surface area contributed by atoms with Crippen LogP contribution >= 0.6 is 0 Å². The van der Waals surface area contributed by atoms with Gasteiger partial charge in [0.25, 0.3) is 11.5 Å². The molecule has 0 bridgehead atoms. The SMILES string of the molecule is CNCC1CCCN1C(=O)c1cnc2c(c1)c(=O)n(C)c(=O)n2C. The molecule has 8 heteroatoms. The second-order valence-corrected chi connectivity index (χ2v) is 6.15. The molecule has 1 fully saturated rings. The minimum absolute atomic E-state index is 0.127. The molecular weight excluding hydrogens is 310 g/mol. The highest BCUT2D eigenvalue weighted by Crippen LogP contribution is 2.20. The number of amides is 1. The maximum atomic E-state index is 12.8. The fourth-order valence-corrected chi connectivity index (χ4v) is 3.30. The molecule has 8 nitrogen and oxygen atoms in total. The Morgan fingerprint density at radius 1 is 1.33 bits per heavy atom. The number of rotatable bonds is 3. The third-order valence-corrected chi connectivity index (χ3v) is 4.62. The quantitative estimate of drug-likeness (QED) is 0.816. The van der Waals surface area contributed by atoms with E-state index in [1.165, 1.54) is 17.8 Å². The standard InChI is InChI=1S/C16H21N5O3/c1-17-9-11-5-4-6-21(11)14(22)10-7-12-13(18-8-10)19(2)16(24)20(3)15(12)23/h7-8,11,17H,4-6,9H2,1-3H3. The van der Waals surface area contributed by atoms with E-state index in [0.717, 1.165) is 24.0 Å². The summed E-state index contributed by atoms with van der Waals surface area (Å²) in [5.74, 6) is -0.127. The van der Waals surface area contributed by atoms with Gasteiger partial charge >= 0.3 is 5.69 Å². The zero-order valence-electron chi connectivity index (χ0n) is 14.1. The molecule has 0 saturated carbocycles. The lowest BCUT2D eigenvalue weighted by atomic mass is 10.1. The normalized spacial score (nSPS) is 17.6. The van der Waals surface area contributed by atoms with Crippen LogP contribution in [0.4, 0.5) is 0 Å². The molecule has 0 aliphatic carbocycles. The van der Waals surface area contributed by atoms with E-state index < -0.39 is 11.2 Å².